The van der Waals surface area contributed by atoms with Crippen molar-refractivity contribution in [2.75, 3.05) is 19.7 Å². The zero-order valence-corrected chi connectivity index (χ0v) is 17.6. The maximum Gasteiger partial charge on any atom is 0.309 e. The summed E-state index contributed by atoms with van der Waals surface area (Å²) < 4.78 is 11.6. The van der Waals surface area contributed by atoms with E-state index in [0.29, 0.717) is 32.1 Å². The summed E-state index contributed by atoms with van der Waals surface area (Å²) in [7, 11) is 0. The summed E-state index contributed by atoms with van der Waals surface area (Å²) in [6.07, 6.45) is 7.53. The molecule has 1 aliphatic rings. The number of nitrogens with zero attached hydrogens (tertiary/aromatic N) is 2. The summed E-state index contributed by atoms with van der Waals surface area (Å²) in [4.78, 5) is 17.4. The Morgan fingerprint density at radius 3 is 2.68 bits per heavy atom. The van der Waals surface area contributed by atoms with Gasteiger partial charge in [0.15, 0.2) is 0 Å². The number of carboxylic acids is 1. The molecular formula is C25H28N2O4. The maximum atomic E-state index is 11.0. The van der Waals surface area contributed by atoms with Gasteiger partial charge in [0.25, 0.3) is 0 Å². The Morgan fingerprint density at radius 1 is 1.10 bits per heavy atom. The molecule has 2 heterocycles. The first-order valence-corrected chi connectivity index (χ1v) is 10.8. The Labute approximate surface area is 182 Å². The largest absolute Gasteiger partial charge is 0.493 e. The van der Waals surface area contributed by atoms with Crippen LogP contribution in [0.2, 0.25) is 0 Å². The lowest BCUT2D eigenvalue weighted by Crippen LogP contribution is -2.49. The first-order valence-electron chi connectivity index (χ1n) is 10.8. The van der Waals surface area contributed by atoms with Gasteiger partial charge in [-0.25, -0.2) is 4.98 Å². The lowest BCUT2D eigenvalue weighted by molar-refractivity contribution is -0.147. The molecule has 0 amide bonds. The summed E-state index contributed by atoms with van der Waals surface area (Å²) in [5.41, 5.74) is 3.30. The highest BCUT2D eigenvalue weighted by Crippen LogP contribution is 2.31. The number of aromatic nitrogens is 1. The van der Waals surface area contributed by atoms with Gasteiger partial charge in [0.1, 0.15) is 12.0 Å². The lowest BCUT2D eigenvalue weighted by atomic mass is 9.99. The fourth-order valence-electron chi connectivity index (χ4n) is 3.87. The van der Waals surface area contributed by atoms with E-state index < -0.39 is 5.97 Å². The van der Waals surface area contributed by atoms with Crippen molar-refractivity contribution < 1.29 is 19.1 Å². The quantitative estimate of drug-likeness (QED) is 0.455. The third-order valence-corrected chi connectivity index (χ3v) is 5.63. The number of carboxylic acid groups (broad SMARTS) is 1. The van der Waals surface area contributed by atoms with E-state index in [1.807, 2.05) is 24.3 Å². The number of hydrogen-bond acceptors (Lipinski definition) is 5. The molecule has 3 aromatic rings. The van der Waals surface area contributed by atoms with Crippen LogP contribution in [0.15, 0.2) is 65.4 Å². The molecule has 1 aromatic heterocycles. The molecule has 2 aromatic carbocycles. The monoisotopic (exact) mass is 420 g/mol. The summed E-state index contributed by atoms with van der Waals surface area (Å²) in [6, 6.07) is 16.6. The van der Waals surface area contributed by atoms with Gasteiger partial charge in [-0.15, -0.1) is 0 Å². The van der Waals surface area contributed by atoms with Crippen LogP contribution in [-0.4, -0.2) is 40.7 Å². The van der Waals surface area contributed by atoms with Crippen LogP contribution in [0.4, 0.5) is 0 Å². The van der Waals surface area contributed by atoms with Gasteiger partial charge in [0.2, 0.25) is 5.89 Å². The number of oxazole rings is 1. The molecule has 0 saturated carbocycles. The van der Waals surface area contributed by atoms with Crippen LogP contribution in [0, 0.1) is 5.92 Å². The second kappa shape index (κ2) is 10.3. The molecular weight excluding hydrogens is 392 g/mol. The van der Waals surface area contributed by atoms with Crippen LogP contribution in [0.25, 0.3) is 11.5 Å². The average molecular weight is 421 g/mol. The molecule has 0 radical (unpaired) electrons. The molecule has 0 atom stereocenters. The average Bonchev–Trinajstić information content (AvgIpc) is 3.28. The topological polar surface area (TPSA) is 75.8 Å². The van der Waals surface area contributed by atoms with Gasteiger partial charge >= 0.3 is 5.97 Å². The van der Waals surface area contributed by atoms with E-state index in [2.05, 4.69) is 34.1 Å². The molecule has 6 heteroatoms. The second-order valence-corrected chi connectivity index (χ2v) is 8.04. The van der Waals surface area contributed by atoms with Crippen LogP contribution < -0.4 is 4.74 Å². The predicted molar refractivity (Wildman–Crippen MR) is 118 cm³/mol. The molecule has 1 fully saturated rings. The Bertz CT molecular complexity index is 966. The number of hydrogen-bond donors (Lipinski definition) is 1. The molecule has 1 N–H and O–H groups in total. The molecule has 1 aliphatic heterocycles. The van der Waals surface area contributed by atoms with Crippen LogP contribution >= 0.6 is 0 Å². The zero-order valence-electron chi connectivity index (χ0n) is 17.6. The third kappa shape index (κ3) is 5.73. The van der Waals surface area contributed by atoms with Gasteiger partial charge in [-0.2, -0.15) is 0 Å². The summed E-state index contributed by atoms with van der Waals surface area (Å²) in [5, 5.41) is 9.05. The highest BCUT2D eigenvalue weighted by atomic mass is 16.5. The number of benzene rings is 2. The van der Waals surface area contributed by atoms with Gasteiger partial charge in [-0.1, -0.05) is 36.4 Å². The van der Waals surface area contributed by atoms with E-state index in [9.17, 15) is 4.79 Å². The normalized spacial score (nSPS) is 14.3. The minimum atomic E-state index is -0.718. The van der Waals surface area contributed by atoms with Crippen LogP contribution in [0.5, 0.6) is 5.75 Å². The van der Waals surface area contributed by atoms with Crippen LogP contribution in [0.3, 0.4) is 0 Å². The van der Waals surface area contributed by atoms with Crippen molar-refractivity contribution >= 4 is 5.97 Å². The number of likely N-dealkylation sites (tertiary alicyclic amines) is 1. The van der Waals surface area contributed by atoms with E-state index in [0.717, 1.165) is 42.6 Å². The van der Waals surface area contributed by atoms with Crippen molar-refractivity contribution in [2.24, 2.45) is 5.92 Å². The number of carbonyl (C=O) groups is 1. The Kier molecular flexibility index (Phi) is 6.99. The van der Waals surface area contributed by atoms with Crippen molar-refractivity contribution in [3.05, 3.63) is 72.1 Å². The van der Waals surface area contributed by atoms with Crippen molar-refractivity contribution in [3.8, 4) is 17.2 Å². The minimum Gasteiger partial charge on any atom is -0.493 e. The Balaban J connectivity index is 1.30. The summed E-state index contributed by atoms with van der Waals surface area (Å²) in [5.74, 6) is 0.328. The Morgan fingerprint density at radius 2 is 1.94 bits per heavy atom. The van der Waals surface area contributed by atoms with E-state index in [4.69, 9.17) is 14.3 Å². The summed E-state index contributed by atoms with van der Waals surface area (Å²) >= 11 is 0. The molecule has 6 nitrogen and oxygen atoms in total. The van der Waals surface area contributed by atoms with Gasteiger partial charge in [0, 0.05) is 19.6 Å². The number of aryl methyl sites for hydroxylation is 1. The van der Waals surface area contributed by atoms with E-state index in [1.165, 1.54) is 5.56 Å². The van der Waals surface area contributed by atoms with Gasteiger partial charge in [-0.3, -0.25) is 9.69 Å². The van der Waals surface area contributed by atoms with Gasteiger partial charge < -0.3 is 14.3 Å². The van der Waals surface area contributed by atoms with E-state index >= 15 is 0 Å². The van der Waals surface area contributed by atoms with Crippen molar-refractivity contribution in [2.45, 2.75) is 32.2 Å². The molecule has 0 bridgehead atoms. The second-order valence-electron chi connectivity index (χ2n) is 8.04. The fourth-order valence-corrected chi connectivity index (χ4v) is 3.87. The van der Waals surface area contributed by atoms with Crippen molar-refractivity contribution in [1.82, 2.24) is 9.88 Å². The standard InChI is InChI=1S/C25H28N2O4/c28-25(29)21-17-27(18-21)16-20-10-11-23(22(15-20)24-26-12-14-31-24)30-13-6-2-5-9-19-7-3-1-4-8-19/h1,3-4,7-8,10-12,14-15,21H,2,5-6,9,13,16-18H2,(H,28,29). The summed E-state index contributed by atoms with van der Waals surface area (Å²) in [6.45, 7) is 2.53. The number of ether oxygens (including phenoxy) is 1. The third-order valence-electron chi connectivity index (χ3n) is 5.63. The number of rotatable bonds is 11. The van der Waals surface area contributed by atoms with Crippen molar-refractivity contribution in [1.29, 1.82) is 0 Å². The predicted octanol–water partition coefficient (Wildman–Crippen LogP) is 4.65. The first kappa shape index (κ1) is 21.1. The van der Waals surface area contributed by atoms with Gasteiger partial charge in [-0.05, 0) is 48.9 Å². The van der Waals surface area contributed by atoms with Gasteiger partial charge in [0.05, 0.1) is 24.3 Å². The molecule has 0 aliphatic carbocycles. The molecule has 31 heavy (non-hydrogen) atoms. The molecule has 1 saturated heterocycles. The maximum absolute atomic E-state index is 11.0. The van der Waals surface area contributed by atoms with E-state index in [-0.39, 0.29) is 5.92 Å². The van der Waals surface area contributed by atoms with Crippen LogP contribution in [-0.2, 0) is 17.8 Å². The van der Waals surface area contributed by atoms with E-state index in [1.54, 1.807) is 12.5 Å². The molecule has 0 spiro atoms. The number of unbranched alkanes of at least 4 members (excludes halogenated alkanes) is 2. The highest BCUT2D eigenvalue weighted by Gasteiger charge is 2.32. The number of aliphatic carboxylic acids is 1. The Hall–Kier alpha value is -3.12. The highest BCUT2D eigenvalue weighted by molar-refractivity contribution is 5.71. The first-order chi connectivity index (χ1) is 15.2. The lowest BCUT2D eigenvalue weighted by Gasteiger charge is -2.36. The smallest absolute Gasteiger partial charge is 0.309 e. The minimum absolute atomic E-state index is 0.254. The fraction of sp³-hybridized carbons (Fsp3) is 0.360. The SMILES string of the molecule is O=C(O)C1CN(Cc2ccc(OCCCCCc3ccccc3)c(-c3ncco3)c2)C1. The molecule has 4 rings (SSSR count). The van der Waals surface area contributed by atoms with Crippen LogP contribution in [0.1, 0.15) is 30.4 Å². The van der Waals surface area contributed by atoms with Crippen molar-refractivity contribution in [3.63, 3.8) is 0 Å². The molecule has 162 valence electrons. The molecule has 0 unspecified atom stereocenters. The zero-order chi connectivity index (χ0) is 21.5.